The summed E-state index contributed by atoms with van der Waals surface area (Å²) in [6.45, 7) is 5.60. The molecular formula is C17H21FN4O2S. The maximum Gasteiger partial charge on any atom is 0.249 e. The summed E-state index contributed by atoms with van der Waals surface area (Å²) < 4.78 is 13.0. The van der Waals surface area contributed by atoms with E-state index in [0.717, 1.165) is 12.0 Å². The van der Waals surface area contributed by atoms with Crippen LogP contribution in [0.25, 0.3) is 10.6 Å². The molecule has 134 valence electrons. The van der Waals surface area contributed by atoms with Crippen molar-refractivity contribution < 1.29 is 14.0 Å². The van der Waals surface area contributed by atoms with E-state index in [-0.39, 0.29) is 23.5 Å². The number of carbonyl (C=O) groups is 2. The molecule has 1 heterocycles. The van der Waals surface area contributed by atoms with Gasteiger partial charge in [0, 0.05) is 12.0 Å². The van der Waals surface area contributed by atoms with E-state index in [1.165, 1.54) is 23.5 Å². The molecule has 2 atom stereocenters. The van der Waals surface area contributed by atoms with Crippen molar-refractivity contribution in [2.24, 2.45) is 5.92 Å². The Labute approximate surface area is 149 Å². The minimum Gasteiger partial charge on any atom is -0.344 e. The molecule has 0 fully saturated rings. The summed E-state index contributed by atoms with van der Waals surface area (Å²) in [5.74, 6) is -0.840. The average Bonchev–Trinajstić information content (AvgIpc) is 3.07. The first-order valence-electron chi connectivity index (χ1n) is 8.14. The second-order valence-electron chi connectivity index (χ2n) is 5.69. The Hall–Kier alpha value is -2.35. The first-order valence-corrected chi connectivity index (χ1v) is 8.95. The van der Waals surface area contributed by atoms with Crippen LogP contribution in [0.5, 0.6) is 0 Å². The van der Waals surface area contributed by atoms with Crippen molar-refractivity contribution in [3.63, 3.8) is 0 Å². The van der Waals surface area contributed by atoms with E-state index < -0.39 is 6.04 Å². The van der Waals surface area contributed by atoms with Crippen LogP contribution in [0.2, 0.25) is 0 Å². The fourth-order valence-electron chi connectivity index (χ4n) is 2.14. The van der Waals surface area contributed by atoms with Crippen molar-refractivity contribution >= 4 is 28.3 Å². The third-order valence-electron chi connectivity index (χ3n) is 3.88. The smallest absolute Gasteiger partial charge is 0.249 e. The van der Waals surface area contributed by atoms with E-state index in [4.69, 9.17) is 0 Å². The highest BCUT2D eigenvalue weighted by molar-refractivity contribution is 7.18. The predicted molar refractivity (Wildman–Crippen MR) is 95.6 cm³/mol. The molecule has 0 radical (unpaired) electrons. The minimum absolute atomic E-state index is 0.0139. The van der Waals surface area contributed by atoms with Crippen molar-refractivity contribution in [3.05, 3.63) is 30.1 Å². The quantitative estimate of drug-likeness (QED) is 0.790. The van der Waals surface area contributed by atoms with Crippen molar-refractivity contribution in [1.82, 2.24) is 15.5 Å². The van der Waals surface area contributed by atoms with Gasteiger partial charge in [-0.25, -0.2) is 4.39 Å². The van der Waals surface area contributed by atoms with Crippen LogP contribution < -0.4 is 10.6 Å². The van der Waals surface area contributed by atoms with E-state index in [1.807, 2.05) is 13.8 Å². The van der Waals surface area contributed by atoms with Gasteiger partial charge in [-0.2, -0.15) is 0 Å². The summed E-state index contributed by atoms with van der Waals surface area (Å²) >= 11 is 1.19. The molecular weight excluding hydrogens is 343 g/mol. The number of amides is 2. The van der Waals surface area contributed by atoms with Gasteiger partial charge in [0.1, 0.15) is 16.9 Å². The van der Waals surface area contributed by atoms with Gasteiger partial charge < -0.3 is 5.32 Å². The Morgan fingerprint density at radius 2 is 1.88 bits per heavy atom. The number of nitrogens with zero attached hydrogens (tertiary/aromatic N) is 2. The zero-order valence-corrected chi connectivity index (χ0v) is 15.2. The summed E-state index contributed by atoms with van der Waals surface area (Å²) in [4.78, 5) is 24.2. The normalized spacial score (nSPS) is 13.1. The van der Waals surface area contributed by atoms with Gasteiger partial charge >= 0.3 is 0 Å². The third kappa shape index (κ3) is 5.06. The standard InChI is InChI=1S/C17H21FN4O2S/c1-4-10(3)14(19-13(23)5-2)15(24)20-17-22-21-16(25-17)11-6-8-12(18)9-7-11/h6-10,14H,4-5H2,1-3H3,(H,19,23)(H,20,22,24). The Bertz CT molecular complexity index is 733. The zero-order chi connectivity index (χ0) is 18.4. The van der Waals surface area contributed by atoms with E-state index >= 15 is 0 Å². The Morgan fingerprint density at radius 1 is 1.20 bits per heavy atom. The first kappa shape index (κ1) is 19.0. The number of nitrogens with one attached hydrogen (secondary N) is 2. The van der Waals surface area contributed by atoms with Crippen molar-refractivity contribution in [3.8, 4) is 10.6 Å². The molecule has 0 aliphatic rings. The molecule has 0 saturated carbocycles. The number of benzene rings is 1. The molecule has 1 aromatic heterocycles. The Morgan fingerprint density at radius 3 is 2.48 bits per heavy atom. The van der Waals surface area contributed by atoms with Crippen LogP contribution in [0.4, 0.5) is 9.52 Å². The van der Waals surface area contributed by atoms with Gasteiger partial charge in [-0.15, -0.1) is 10.2 Å². The fourth-order valence-corrected chi connectivity index (χ4v) is 2.90. The summed E-state index contributed by atoms with van der Waals surface area (Å²) in [5, 5.41) is 14.3. The number of hydrogen-bond acceptors (Lipinski definition) is 5. The van der Waals surface area contributed by atoms with Crippen LogP contribution in [0, 0.1) is 11.7 Å². The minimum atomic E-state index is -0.629. The van der Waals surface area contributed by atoms with Crippen LogP contribution in [-0.2, 0) is 9.59 Å². The summed E-state index contributed by atoms with van der Waals surface area (Å²) in [6, 6.07) is 5.26. The van der Waals surface area contributed by atoms with Gasteiger partial charge in [0.05, 0.1) is 0 Å². The topological polar surface area (TPSA) is 84.0 Å². The maximum absolute atomic E-state index is 13.0. The number of rotatable bonds is 7. The number of aromatic nitrogens is 2. The SMILES string of the molecule is CCC(=O)NC(C(=O)Nc1nnc(-c2ccc(F)cc2)s1)C(C)CC. The number of anilines is 1. The molecule has 2 aromatic rings. The molecule has 0 aliphatic heterocycles. The molecule has 0 aliphatic carbocycles. The Balaban J connectivity index is 2.10. The monoisotopic (exact) mass is 364 g/mol. The van der Waals surface area contributed by atoms with Crippen LogP contribution >= 0.6 is 11.3 Å². The highest BCUT2D eigenvalue weighted by Gasteiger charge is 2.26. The second kappa shape index (κ2) is 8.66. The lowest BCUT2D eigenvalue weighted by molar-refractivity contribution is -0.127. The van der Waals surface area contributed by atoms with E-state index in [1.54, 1.807) is 19.1 Å². The fraction of sp³-hybridized carbons (Fsp3) is 0.412. The van der Waals surface area contributed by atoms with Gasteiger partial charge in [0.2, 0.25) is 16.9 Å². The van der Waals surface area contributed by atoms with Crippen LogP contribution in [-0.4, -0.2) is 28.1 Å². The highest BCUT2D eigenvalue weighted by Crippen LogP contribution is 2.26. The zero-order valence-electron chi connectivity index (χ0n) is 14.4. The molecule has 2 rings (SSSR count). The van der Waals surface area contributed by atoms with Gasteiger partial charge in [0.25, 0.3) is 0 Å². The van der Waals surface area contributed by atoms with Crippen molar-refractivity contribution in [2.45, 2.75) is 39.7 Å². The second-order valence-corrected chi connectivity index (χ2v) is 6.67. The molecule has 2 N–H and O–H groups in total. The summed E-state index contributed by atoms with van der Waals surface area (Å²) in [7, 11) is 0. The molecule has 0 spiro atoms. The molecule has 0 saturated heterocycles. The van der Waals surface area contributed by atoms with Crippen molar-refractivity contribution in [2.75, 3.05) is 5.32 Å². The number of hydrogen-bond donors (Lipinski definition) is 2. The molecule has 2 unspecified atom stereocenters. The van der Waals surface area contributed by atoms with Crippen LogP contribution in [0.3, 0.4) is 0 Å². The van der Waals surface area contributed by atoms with Gasteiger partial charge in [-0.05, 0) is 30.2 Å². The van der Waals surface area contributed by atoms with Crippen LogP contribution in [0.15, 0.2) is 24.3 Å². The lowest BCUT2D eigenvalue weighted by Crippen LogP contribution is -2.47. The third-order valence-corrected chi connectivity index (χ3v) is 4.77. The number of halogens is 1. The average molecular weight is 364 g/mol. The lowest BCUT2D eigenvalue weighted by Gasteiger charge is -2.22. The van der Waals surface area contributed by atoms with E-state index in [2.05, 4.69) is 20.8 Å². The number of carbonyl (C=O) groups excluding carboxylic acids is 2. The van der Waals surface area contributed by atoms with E-state index in [9.17, 15) is 14.0 Å². The van der Waals surface area contributed by atoms with Gasteiger partial charge in [-0.3, -0.25) is 14.9 Å². The predicted octanol–water partition coefficient (Wildman–Crippen LogP) is 3.22. The molecule has 1 aromatic carbocycles. The first-order chi connectivity index (χ1) is 11.9. The largest absolute Gasteiger partial charge is 0.344 e. The molecule has 2 amide bonds. The van der Waals surface area contributed by atoms with Crippen LogP contribution in [0.1, 0.15) is 33.6 Å². The summed E-state index contributed by atoms with van der Waals surface area (Å²) in [5.41, 5.74) is 0.720. The highest BCUT2D eigenvalue weighted by atomic mass is 32.1. The molecule has 8 heteroatoms. The van der Waals surface area contributed by atoms with E-state index in [0.29, 0.717) is 16.6 Å². The van der Waals surface area contributed by atoms with Gasteiger partial charge in [0.15, 0.2) is 0 Å². The molecule has 25 heavy (non-hydrogen) atoms. The van der Waals surface area contributed by atoms with Gasteiger partial charge in [-0.1, -0.05) is 38.5 Å². The van der Waals surface area contributed by atoms with Crippen molar-refractivity contribution in [1.29, 1.82) is 0 Å². The molecule has 6 nitrogen and oxygen atoms in total. The maximum atomic E-state index is 13.0. The lowest BCUT2D eigenvalue weighted by atomic mass is 9.98. The Kier molecular flexibility index (Phi) is 6.58. The molecule has 0 bridgehead atoms. The summed E-state index contributed by atoms with van der Waals surface area (Å²) in [6.07, 6.45) is 1.06.